The van der Waals surface area contributed by atoms with E-state index >= 15 is 0 Å². The Hall–Kier alpha value is -6.91. The molecule has 0 saturated heterocycles. The summed E-state index contributed by atoms with van der Waals surface area (Å²) in [5, 5.41) is 6.82. The van der Waals surface area contributed by atoms with Crippen LogP contribution >= 0.6 is 0 Å². The minimum atomic E-state index is 0.596. The van der Waals surface area contributed by atoms with Gasteiger partial charge in [0.25, 0.3) is 0 Å². The monoisotopic (exact) mass is 651 g/mol. The van der Waals surface area contributed by atoms with Crippen molar-refractivity contribution in [2.75, 3.05) is 0 Å². The maximum Gasteiger partial charge on any atom is 0.164 e. The van der Waals surface area contributed by atoms with Crippen molar-refractivity contribution in [3.05, 3.63) is 176 Å². The molecule has 0 N–H and O–H groups in total. The van der Waals surface area contributed by atoms with Crippen molar-refractivity contribution in [3.63, 3.8) is 0 Å². The van der Waals surface area contributed by atoms with Crippen LogP contribution in [-0.4, -0.2) is 15.0 Å². The van der Waals surface area contributed by atoms with E-state index in [1.165, 1.54) is 21.9 Å². The summed E-state index contributed by atoms with van der Waals surface area (Å²) in [6, 6.07) is 61.2. The Bertz CT molecular complexity index is 2860. The van der Waals surface area contributed by atoms with Crippen LogP contribution in [0.4, 0.5) is 0 Å². The maximum absolute atomic E-state index is 6.81. The molecule has 4 heteroatoms. The lowest BCUT2D eigenvalue weighted by Crippen LogP contribution is -2.00. The van der Waals surface area contributed by atoms with Crippen LogP contribution in [0.5, 0.6) is 0 Å². The Morgan fingerprint density at radius 3 is 1.65 bits per heavy atom. The molecular weight excluding hydrogens is 623 g/mol. The molecule has 8 aromatic carbocycles. The van der Waals surface area contributed by atoms with Crippen molar-refractivity contribution in [1.29, 1.82) is 0 Å². The highest BCUT2D eigenvalue weighted by molar-refractivity contribution is 6.21. The average molecular weight is 652 g/mol. The summed E-state index contributed by atoms with van der Waals surface area (Å²) >= 11 is 0. The van der Waals surface area contributed by atoms with Crippen LogP contribution in [0.3, 0.4) is 0 Å². The zero-order valence-electron chi connectivity index (χ0n) is 27.5. The molecule has 238 valence electrons. The highest BCUT2D eigenvalue weighted by atomic mass is 16.3. The highest BCUT2D eigenvalue weighted by Gasteiger charge is 2.19. The van der Waals surface area contributed by atoms with Crippen molar-refractivity contribution < 1.29 is 4.42 Å². The van der Waals surface area contributed by atoms with Gasteiger partial charge in [-0.25, -0.2) is 15.0 Å². The SMILES string of the molecule is c1ccc(-c2nc(-c3ccccc3)nc(-c3ccc4c(c3)oc3c5ccccc5cc(-c5cccc(-c6ccc7ccccc7c6)c5)c43)n2)cc1. The van der Waals surface area contributed by atoms with E-state index in [9.17, 15) is 0 Å². The quantitative estimate of drug-likeness (QED) is 0.186. The van der Waals surface area contributed by atoms with Gasteiger partial charge in [-0.2, -0.15) is 0 Å². The van der Waals surface area contributed by atoms with Crippen molar-refractivity contribution in [1.82, 2.24) is 15.0 Å². The number of fused-ring (bicyclic) bond motifs is 6. The molecule has 10 aromatic rings. The largest absolute Gasteiger partial charge is 0.455 e. The van der Waals surface area contributed by atoms with Crippen molar-refractivity contribution in [2.45, 2.75) is 0 Å². The molecular formula is C47H29N3O. The van der Waals surface area contributed by atoms with Crippen molar-refractivity contribution in [2.24, 2.45) is 0 Å². The van der Waals surface area contributed by atoms with E-state index in [-0.39, 0.29) is 0 Å². The van der Waals surface area contributed by atoms with Gasteiger partial charge in [0.1, 0.15) is 11.2 Å². The first-order valence-corrected chi connectivity index (χ1v) is 17.1. The van der Waals surface area contributed by atoms with Crippen LogP contribution in [0.1, 0.15) is 0 Å². The van der Waals surface area contributed by atoms with Crippen LogP contribution < -0.4 is 0 Å². The van der Waals surface area contributed by atoms with E-state index in [2.05, 4.69) is 115 Å². The fourth-order valence-electron chi connectivity index (χ4n) is 7.15. The van der Waals surface area contributed by atoms with Crippen LogP contribution in [0.2, 0.25) is 0 Å². The molecule has 0 fully saturated rings. The molecule has 0 amide bonds. The van der Waals surface area contributed by atoms with Crippen LogP contribution in [-0.2, 0) is 0 Å². The van der Waals surface area contributed by atoms with E-state index in [1.54, 1.807) is 0 Å². The summed E-state index contributed by atoms with van der Waals surface area (Å²) < 4.78 is 6.81. The third-order valence-electron chi connectivity index (χ3n) is 9.68. The number of hydrogen-bond acceptors (Lipinski definition) is 4. The Morgan fingerprint density at radius 1 is 0.333 bits per heavy atom. The maximum atomic E-state index is 6.81. The highest BCUT2D eigenvalue weighted by Crippen LogP contribution is 2.43. The van der Waals surface area contributed by atoms with Gasteiger partial charge in [-0.3, -0.25) is 0 Å². The lowest BCUT2D eigenvalue weighted by atomic mass is 9.92. The zero-order chi connectivity index (χ0) is 33.7. The molecule has 0 aliphatic rings. The fourth-order valence-corrected chi connectivity index (χ4v) is 7.15. The minimum Gasteiger partial charge on any atom is -0.455 e. The van der Waals surface area contributed by atoms with Gasteiger partial charge in [0.05, 0.1) is 0 Å². The molecule has 0 spiro atoms. The number of nitrogens with zero attached hydrogens (tertiary/aromatic N) is 3. The minimum absolute atomic E-state index is 0.596. The van der Waals surface area contributed by atoms with Crippen LogP contribution in [0.25, 0.3) is 99.9 Å². The van der Waals surface area contributed by atoms with E-state index in [1.807, 2.05) is 60.7 Å². The van der Waals surface area contributed by atoms with Crippen molar-refractivity contribution >= 4 is 43.5 Å². The van der Waals surface area contributed by atoms with Crippen LogP contribution in [0, 0.1) is 0 Å². The second-order valence-corrected chi connectivity index (χ2v) is 12.8. The molecule has 0 atom stereocenters. The standard InChI is InChI=1S/C47H29N3O/c1-3-13-31(14-4-1)45-48-46(32-15-5-2-6-16-32)50-47(49-45)38-24-25-40-42(29-38)51-44-39-21-10-9-18-37(39)28-41(43(40)44)36-20-11-19-34(27-36)35-23-22-30-12-7-8-17-33(30)26-35/h1-29H. The normalized spacial score (nSPS) is 11.5. The van der Waals surface area contributed by atoms with Gasteiger partial charge in [0.15, 0.2) is 17.5 Å². The predicted molar refractivity (Wildman–Crippen MR) is 209 cm³/mol. The first kappa shape index (κ1) is 29.0. The molecule has 0 unspecified atom stereocenters. The van der Waals surface area contributed by atoms with Gasteiger partial charge in [0.2, 0.25) is 0 Å². The zero-order valence-corrected chi connectivity index (χ0v) is 27.5. The van der Waals surface area contributed by atoms with E-state index in [0.29, 0.717) is 17.5 Å². The molecule has 4 nitrogen and oxygen atoms in total. The topological polar surface area (TPSA) is 51.8 Å². The Kier molecular flexibility index (Phi) is 6.78. The number of aromatic nitrogens is 3. The van der Waals surface area contributed by atoms with Gasteiger partial charge in [-0.1, -0.05) is 146 Å². The molecule has 0 saturated carbocycles. The third kappa shape index (κ3) is 5.13. The average Bonchev–Trinajstić information content (AvgIpc) is 3.60. The van der Waals surface area contributed by atoms with Gasteiger partial charge >= 0.3 is 0 Å². The summed E-state index contributed by atoms with van der Waals surface area (Å²) in [5.74, 6) is 1.85. The molecule has 0 aliphatic heterocycles. The predicted octanol–water partition coefficient (Wildman–Crippen LogP) is 12.4. The third-order valence-corrected chi connectivity index (χ3v) is 9.68. The molecule has 51 heavy (non-hydrogen) atoms. The summed E-state index contributed by atoms with van der Waals surface area (Å²) in [6.45, 7) is 0. The Morgan fingerprint density at radius 2 is 0.902 bits per heavy atom. The van der Waals surface area contributed by atoms with Gasteiger partial charge < -0.3 is 4.42 Å². The Labute approximate surface area is 294 Å². The van der Waals surface area contributed by atoms with Gasteiger partial charge in [-0.05, 0) is 68.7 Å². The molecule has 2 heterocycles. The summed E-state index contributed by atoms with van der Waals surface area (Å²) in [6.07, 6.45) is 0. The molecule has 0 bridgehead atoms. The Balaban J connectivity index is 1.16. The molecule has 0 radical (unpaired) electrons. The smallest absolute Gasteiger partial charge is 0.164 e. The summed E-state index contributed by atoms with van der Waals surface area (Å²) in [4.78, 5) is 14.8. The molecule has 2 aromatic heterocycles. The van der Waals surface area contributed by atoms with Crippen molar-refractivity contribution in [3.8, 4) is 56.4 Å². The summed E-state index contributed by atoms with van der Waals surface area (Å²) in [7, 11) is 0. The van der Waals surface area contributed by atoms with E-state index in [4.69, 9.17) is 19.4 Å². The first-order valence-electron chi connectivity index (χ1n) is 17.1. The first-order chi connectivity index (χ1) is 25.2. The number of benzene rings is 8. The molecule has 0 aliphatic carbocycles. The fraction of sp³-hybridized carbons (Fsp3) is 0. The van der Waals surface area contributed by atoms with E-state index < -0.39 is 0 Å². The number of rotatable bonds is 5. The lowest BCUT2D eigenvalue weighted by Gasteiger charge is -2.10. The molecule has 10 rings (SSSR count). The number of furan rings is 1. The second kappa shape index (κ2) is 11.9. The lowest BCUT2D eigenvalue weighted by molar-refractivity contribution is 0.673. The van der Waals surface area contributed by atoms with Gasteiger partial charge in [-0.15, -0.1) is 0 Å². The van der Waals surface area contributed by atoms with E-state index in [0.717, 1.165) is 60.5 Å². The van der Waals surface area contributed by atoms with Crippen LogP contribution in [0.15, 0.2) is 180 Å². The second-order valence-electron chi connectivity index (χ2n) is 12.8. The number of hydrogen-bond donors (Lipinski definition) is 0. The summed E-state index contributed by atoms with van der Waals surface area (Å²) in [5.41, 5.74) is 9.03. The van der Waals surface area contributed by atoms with Gasteiger partial charge in [0, 0.05) is 32.8 Å².